The van der Waals surface area contributed by atoms with Crippen molar-refractivity contribution in [3.8, 4) is 11.5 Å². The number of hydrogen-bond donors (Lipinski definition) is 0. The molecule has 0 bridgehead atoms. The second-order valence-corrected chi connectivity index (χ2v) is 4.05. The van der Waals surface area contributed by atoms with E-state index >= 15 is 0 Å². The molecule has 0 aliphatic rings. The van der Waals surface area contributed by atoms with Crippen molar-refractivity contribution in [2.45, 2.75) is 0 Å². The molecule has 3 aromatic rings. The van der Waals surface area contributed by atoms with Crippen LogP contribution < -0.4 is 0 Å². The largest absolute Gasteiger partial charge is 0.463 e. The summed E-state index contributed by atoms with van der Waals surface area (Å²) in [6.07, 6.45) is 8.97. The van der Waals surface area contributed by atoms with Crippen LogP contribution in [0.5, 0.6) is 0 Å². The van der Waals surface area contributed by atoms with Crippen molar-refractivity contribution < 1.29 is 4.42 Å². The van der Waals surface area contributed by atoms with Gasteiger partial charge in [0.15, 0.2) is 5.76 Å². The zero-order chi connectivity index (χ0) is 12.9. The number of aromatic nitrogens is 2. The molecule has 0 aliphatic heterocycles. The average molecular weight is 248 g/mol. The van der Waals surface area contributed by atoms with E-state index in [1.165, 1.54) is 6.33 Å². The van der Waals surface area contributed by atoms with Crippen LogP contribution in [0, 0.1) is 0 Å². The van der Waals surface area contributed by atoms with Crippen molar-refractivity contribution in [3.63, 3.8) is 0 Å². The fourth-order valence-corrected chi connectivity index (χ4v) is 1.83. The van der Waals surface area contributed by atoms with Crippen molar-refractivity contribution in [1.82, 2.24) is 9.97 Å². The van der Waals surface area contributed by atoms with Crippen LogP contribution in [0.15, 0.2) is 65.7 Å². The quantitative estimate of drug-likeness (QED) is 0.705. The van der Waals surface area contributed by atoms with Crippen LogP contribution >= 0.6 is 0 Å². The maximum absolute atomic E-state index is 5.39. The molecule has 0 saturated heterocycles. The highest BCUT2D eigenvalue weighted by atomic mass is 16.3. The molecule has 0 fully saturated rings. The van der Waals surface area contributed by atoms with E-state index < -0.39 is 0 Å². The van der Waals surface area contributed by atoms with E-state index in [0.29, 0.717) is 0 Å². The van der Waals surface area contributed by atoms with E-state index in [1.807, 2.05) is 54.6 Å². The summed E-state index contributed by atoms with van der Waals surface area (Å²) in [6, 6.07) is 13.9. The third kappa shape index (κ3) is 2.60. The first-order valence-corrected chi connectivity index (χ1v) is 6.00. The number of benzene rings is 1. The number of rotatable bonds is 3. The van der Waals surface area contributed by atoms with Crippen molar-refractivity contribution in [1.29, 1.82) is 0 Å². The SMILES string of the molecule is C(=C\c1cncnc1-c1ccco1)/c1ccccc1. The van der Waals surface area contributed by atoms with E-state index in [0.717, 1.165) is 22.6 Å². The Morgan fingerprint density at radius 1 is 0.947 bits per heavy atom. The fraction of sp³-hybridized carbons (Fsp3) is 0. The van der Waals surface area contributed by atoms with Gasteiger partial charge in [0.1, 0.15) is 12.0 Å². The number of furan rings is 1. The Morgan fingerprint density at radius 3 is 2.63 bits per heavy atom. The lowest BCUT2D eigenvalue weighted by Gasteiger charge is -2.00. The summed E-state index contributed by atoms with van der Waals surface area (Å²) in [4.78, 5) is 8.34. The minimum Gasteiger partial charge on any atom is -0.463 e. The molecule has 3 rings (SSSR count). The van der Waals surface area contributed by atoms with Gasteiger partial charge in [-0.15, -0.1) is 0 Å². The second kappa shape index (κ2) is 5.31. The van der Waals surface area contributed by atoms with Gasteiger partial charge in [-0.2, -0.15) is 0 Å². The Labute approximate surface area is 111 Å². The summed E-state index contributed by atoms with van der Waals surface area (Å²) in [5.41, 5.74) is 2.87. The summed E-state index contributed by atoms with van der Waals surface area (Å²) < 4.78 is 5.39. The highest BCUT2D eigenvalue weighted by molar-refractivity contribution is 5.76. The fourth-order valence-electron chi connectivity index (χ4n) is 1.83. The molecule has 0 amide bonds. The van der Waals surface area contributed by atoms with Crippen molar-refractivity contribution in [2.24, 2.45) is 0 Å². The van der Waals surface area contributed by atoms with Gasteiger partial charge in [0.2, 0.25) is 0 Å². The minimum absolute atomic E-state index is 0.745. The van der Waals surface area contributed by atoms with Crippen LogP contribution in [0.3, 0.4) is 0 Å². The second-order valence-electron chi connectivity index (χ2n) is 4.05. The standard InChI is InChI=1S/C16H12N2O/c1-2-5-13(6-3-1)8-9-14-11-17-12-18-16(14)15-7-4-10-19-15/h1-12H/b9-8+. The molecule has 0 saturated carbocycles. The Bertz CT molecular complexity index is 673. The van der Waals surface area contributed by atoms with Gasteiger partial charge in [-0.3, -0.25) is 0 Å². The van der Waals surface area contributed by atoms with Crippen molar-refractivity contribution >= 4 is 12.2 Å². The predicted molar refractivity (Wildman–Crippen MR) is 75.1 cm³/mol. The molecule has 0 radical (unpaired) electrons. The average Bonchev–Trinajstić information content (AvgIpc) is 3.01. The first kappa shape index (κ1) is 11.4. The monoisotopic (exact) mass is 248 g/mol. The summed E-state index contributed by atoms with van der Waals surface area (Å²) in [5.74, 6) is 0.745. The minimum atomic E-state index is 0.745. The maximum atomic E-state index is 5.39. The summed E-state index contributed by atoms with van der Waals surface area (Å²) in [5, 5.41) is 0. The molecule has 92 valence electrons. The van der Waals surface area contributed by atoms with E-state index in [-0.39, 0.29) is 0 Å². The van der Waals surface area contributed by atoms with Gasteiger partial charge in [-0.1, -0.05) is 42.5 Å². The highest BCUT2D eigenvalue weighted by Gasteiger charge is 2.06. The van der Waals surface area contributed by atoms with Gasteiger partial charge < -0.3 is 4.42 Å². The smallest absolute Gasteiger partial charge is 0.152 e. The predicted octanol–water partition coefficient (Wildman–Crippen LogP) is 3.91. The van der Waals surface area contributed by atoms with E-state index in [4.69, 9.17) is 4.42 Å². The molecule has 0 spiro atoms. The van der Waals surface area contributed by atoms with Crippen LogP contribution in [0.25, 0.3) is 23.6 Å². The lowest BCUT2D eigenvalue weighted by atomic mass is 10.1. The first-order chi connectivity index (χ1) is 9.43. The molecule has 0 aliphatic carbocycles. The van der Waals surface area contributed by atoms with Crippen LogP contribution in [0.4, 0.5) is 0 Å². The van der Waals surface area contributed by atoms with Gasteiger partial charge in [-0.25, -0.2) is 9.97 Å². The molecule has 2 aromatic heterocycles. The van der Waals surface area contributed by atoms with E-state index in [9.17, 15) is 0 Å². The van der Waals surface area contributed by atoms with E-state index in [2.05, 4.69) is 9.97 Å². The van der Waals surface area contributed by atoms with Crippen LogP contribution in [-0.2, 0) is 0 Å². The summed E-state index contributed by atoms with van der Waals surface area (Å²) >= 11 is 0. The van der Waals surface area contributed by atoms with Gasteiger partial charge in [0.25, 0.3) is 0 Å². The molecular formula is C16H12N2O. The lowest BCUT2D eigenvalue weighted by molar-refractivity contribution is 0.579. The first-order valence-electron chi connectivity index (χ1n) is 6.00. The molecule has 19 heavy (non-hydrogen) atoms. The number of nitrogens with zero attached hydrogens (tertiary/aromatic N) is 2. The van der Waals surface area contributed by atoms with Crippen LogP contribution in [0.2, 0.25) is 0 Å². The van der Waals surface area contributed by atoms with Gasteiger partial charge in [-0.05, 0) is 17.7 Å². The summed E-state index contributed by atoms with van der Waals surface area (Å²) in [6.45, 7) is 0. The zero-order valence-electron chi connectivity index (χ0n) is 10.2. The van der Waals surface area contributed by atoms with Gasteiger partial charge in [0, 0.05) is 11.8 Å². The third-order valence-corrected chi connectivity index (χ3v) is 2.75. The molecule has 0 N–H and O–H groups in total. The van der Waals surface area contributed by atoms with Gasteiger partial charge >= 0.3 is 0 Å². The third-order valence-electron chi connectivity index (χ3n) is 2.75. The molecule has 1 aromatic carbocycles. The Hall–Kier alpha value is -2.68. The Balaban J connectivity index is 1.96. The molecule has 0 atom stereocenters. The van der Waals surface area contributed by atoms with Crippen LogP contribution in [0.1, 0.15) is 11.1 Å². The molecule has 0 unspecified atom stereocenters. The summed E-state index contributed by atoms with van der Waals surface area (Å²) in [7, 11) is 0. The highest BCUT2D eigenvalue weighted by Crippen LogP contribution is 2.22. The number of hydrogen-bond acceptors (Lipinski definition) is 3. The van der Waals surface area contributed by atoms with Gasteiger partial charge in [0.05, 0.1) is 6.26 Å². The normalized spacial score (nSPS) is 10.9. The Kier molecular flexibility index (Phi) is 3.19. The zero-order valence-corrected chi connectivity index (χ0v) is 10.2. The molecular weight excluding hydrogens is 236 g/mol. The maximum Gasteiger partial charge on any atom is 0.152 e. The lowest BCUT2D eigenvalue weighted by Crippen LogP contribution is -1.88. The van der Waals surface area contributed by atoms with Crippen LogP contribution in [-0.4, -0.2) is 9.97 Å². The van der Waals surface area contributed by atoms with Crippen molar-refractivity contribution in [2.75, 3.05) is 0 Å². The topological polar surface area (TPSA) is 38.9 Å². The molecule has 2 heterocycles. The molecule has 3 nitrogen and oxygen atoms in total. The molecule has 3 heteroatoms. The van der Waals surface area contributed by atoms with Crippen molar-refractivity contribution in [3.05, 3.63) is 72.4 Å². The van der Waals surface area contributed by atoms with E-state index in [1.54, 1.807) is 12.5 Å². The Morgan fingerprint density at radius 2 is 1.84 bits per heavy atom.